The zero-order valence-electron chi connectivity index (χ0n) is 15.2. The predicted octanol–water partition coefficient (Wildman–Crippen LogP) is 2.48. The quantitative estimate of drug-likeness (QED) is 0.746. The number of halogens is 1. The topological polar surface area (TPSA) is 101 Å². The number of carboxylic acids is 1. The molecular weight excluding hydrogens is 365 g/mol. The third-order valence-electron chi connectivity index (χ3n) is 4.99. The third kappa shape index (κ3) is 3.30. The second-order valence-corrected chi connectivity index (χ2v) is 7.13. The van der Waals surface area contributed by atoms with Gasteiger partial charge < -0.3 is 10.0 Å². The molecule has 0 atom stereocenters. The van der Waals surface area contributed by atoms with Gasteiger partial charge in [-0.05, 0) is 50.1 Å². The first-order valence-electron chi connectivity index (χ1n) is 8.87. The summed E-state index contributed by atoms with van der Waals surface area (Å²) in [4.78, 5) is 29.6. The number of hydrogen-bond donors (Lipinski definition) is 1. The molecule has 28 heavy (non-hydrogen) atoms. The zero-order chi connectivity index (χ0) is 19.9. The molecule has 1 aromatic carbocycles. The van der Waals surface area contributed by atoms with Gasteiger partial charge in [0.1, 0.15) is 11.2 Å². The molecule has 1 N–H and O–H groups in total. The highest BCUT2D eigenvalue weighted by Gasteiger charge is 2.32. The highest BCUT2D eigenvalue weighted by Crippen LogP contribution is 2.26. The van der Waals surface area contributed by atoms with Gasteiger partial charge in [0.15, 0.2) is 5.65 Å². The molecule has 4 rings (SSSR count). The lowest BCUT2D eigenvalue weighted by molar-refractivity contribution is 0.0503. The van der Waals surface area contributed by atoms with Crippen molar-refractivity contribution in [3.05, 3.63) is 47.7 Å². The summed E-state index contributed by atoms with van der Waals surface area (Å²) in [5.41, 5.74) is 0.827. The number of amides is 1. The maximum atomic E-state index is 13.9. The Labute approximate surface area is 159 Å². The van der Waals surface area contributed by atoms with Crippen LogP contribution in [-0.4, -0.2) is 60.6 Å². The summed E-state index contributed by atoms with van der Waals surface area (Å²) in [6.45, 7) is 2.29. The van der Waals surface area contributed by atoms with Crippen molar-refractivity contribution in [1.82, 2.24) is 24.9 Å². The van der Waals surface area contributed by atoms with E-state index >= 15 is 0 Å². The number of aromatic carboxylic acids is 1. The fourth-order valence-corrected chi connectivity index (χ4v) is 3.21. The van der Waals surface area contributed by atoms with Crippen LogP contribution in [0.25, 0.3) is 16.9 Å². The molecule has 1 aliphatic heterocycles. The molecule has 0 radical (unpaired) electrons. The van der Waals surface area contributed by atoms with Gasteiger partial charge in [0.25, 0.3) is 5.91 Å². The summed E-state index contributed by atoms with van der Waals surface area (Å²) in [5, 5.41) is 17.1. The average molecular weight is 383 g/mol. The summed E-state index contributed by atoms with van der Waals surface area (Å²) in [5.74, 6) is -1.22. The van der Waals surface area contributed by atoms with Crippen molar-refractivity contribution in [2.24, 2.45) is 0 Å². The highest BCUT2D eigenvalue weighted by atomic mass is 19.1. The number of pyridine rings is 1. The van der Waals surface area contributed by atoms with Crippen LogP contribution in [0.3, 0.4) is 0 Å². The molecule has 0 aliphatic carbocycles. The maximum Gasteiger partial charge on any atom is 0.335 e. The van der Waals surface area contributed by atoms with Crippen molar-refractivity contribution in [2.75, 3.05) is 13.1 Å². The van der Waals surface area contributed by atoms with Crippen molar-refractivity contribution >= 4 is 23.0 Å². The molecule has 0 spiro atoms. The van der Waals surface area contributed by atoms with Crippen LogP contribution in [0.1, 0.15) is 40.5 Å². The molecule has 1 aliphatic rings. The minimum atomic E-state index is -1.22. The molecule has 9 heteroatoms. The maximum absolute atomic E-state index is 13.9. The van der Waals surface area contributed by atoms with Gasteiger partial charge in [-0.25, -0.2) is 14.2 Å². The number of likely N-dealkylation sites (tertiary alicyclic amines) is 1. The second kappa shape index (κ2) is 6.66. The Hall–Kier alpha value is -3.36. The molecule has 2 aromatic heterocycles. The molecular formula is C19H18FN5O3. The largest absolute Gasteiger partial charge is 0.478 e. The van der Waals surface area contributed by atoms with Gasteiger partial charge in [-0.2, -0.15) is 4.68 Å². The van der Waals surface area contributed by atoms with Crippen LogP contribution in [0.15, 0.2) is 36.5 Å². The van der Waals surface area contributed by atoms with E-state index in [1.807, 2.05) is 0 Å². The van der Waals surface area contributed by atoms with E-state index in [9.17, 15) is 14.0 Å². The second-order valence-electron chi connectivity index (χ2n) is 7.13. The third-order valence-corrected chi connectivity index (χ3v) is 4.99. The van der Waals surface area contributed by atoms with Crippen molar-refractivity contribution in [3.63, 3.8) is 0 Å². The number of nitrogens with zero attached hydrogens (tertiary/aromatic N) is 5. The number of alkyl halides is 1. The Bertz CT molecular complexity index is 1050. The fourth-order valence-electron chi connectivity index (χ4n) is 3.21. The number of piperidine rings is 1. The fraction of sp³-hybridized carbons (Fsp3) is 0.316. The van der Waals surface area contributed by atoms with Gasteiger partial charge in [0.05, 0.1) is 16.8 Å². The van der Waals surface area contributed by atoms with Gasteiger partial charge in [0, 0.05) is 19.3 Å². The summed E-state index contributed by atoms with van der Waals surface area (Å²) >= 11 is 0. The van der Waals surface area contributed by atoms with Crippen LogP contribution in [0.2, 0.25) is 0 Å². The first kappa shape index (κ1) is 18.0. The van der Waals surface area contributed by atoms with E-state index in [1.54, 1.807) is 30.0 Å². The lowest BCUT2D eigenvalue weighted by Crippen LogP contribution is -2.43. The van der Waals surface area contributed by atoms with Crippen LogP contribution in [0.4, 0.5) is 4.39 Å². The van der Waals surface area contributed by atoms with Crippen molar-refractivity contribution < 1.29 is 19.1 Å². The lowest BCUT2D eigenvalue weighted by Gasteiger charge is -2.34. The Morgan fingerprint density at radius 2 is 1.82 bits per heavy atom. The normalized spacial score (nSPS) is 16.3. The van der Waals surface area contributed by atoms with Gasteiger partial charge in [-0.15, -0.1) is 5.10 Å². The van der Waals surface area contributed by atoms with Crippen molar-refractivity contribution in [2.45, 2.75) is 25.4 Å². The number of rotatable bonds is 3. The van der Waals surface area contributed by atoms with E-state index in [4.69, 9.17) is 5.11 Å². The van der Waals surface area contributed by atoms with E-state index in [1.165, 1.54) is 23.0 Å². The Morgan fingerprint density at radius 1 is 1.14 bits per heavy atom. The molecule has 144 valence electrons. The summed E-state index contributed by atoms with van der Waals surface area (Å²) in [6.07, 6.45) is 2.09. The summed E-state index contributed by atoms with van der Waals surface area (Å²) in [6, 6.07) is 7.78. The van der Waals surface area contributed by atoms with Crippen molar-refractivity contribution in [1.29, 1.82) is 0 Å². The molecule has 1 fully saturated rings. The molecule has 0 unspecified atom stereocenters. The van der Waals surface area contributed by atoms with Crippen LogP contribution in [0.5, 0.6) is 0 Å². The number of aromatic nitrogens is 4. The van der Waals surface area contributed by atoms with E-state index in [0.717, 1.165) is 0 Å². The van der Waals surface area contributed by atoms with E-state index < -0.39 is 11.6 Å². The van der Waals surface area contributed by atoms with Gasteiger partial charge in [0.2, 0.25) is 0 Å². The number of benzene rings is 1. The van der Waals surface area contributed by atoms with Gasteiger partial charge >= 0.3 is 5.97 Å². The van der Waals surface area contributed by atoms with E-state index in [-0.39, 0.29) is 11.5 Å². The minimum Gasteiger partial charge on any atom is -0.478 e. The van der Waals surface area contributed by atoms with Crippen LogP contribution in [-0.2, 0) is 0 Å². The number of hydrogen-bond acceptors (Lipinski definition) is 5. The molecule has 0 bridgehead atoms. The van der Waals surface area contributed by atoms with Crippen LogP contribution in [0, 0.1) is 0 Å². The van der Waals surface area contributed by atoms with Crippen LogP contribution >= 0.6 is 0 Å². The predicted molar refractivity (Wildman–Crippen MR) is 98.3 cm³/mol. The number of fused-ring (bicyclic) bond motifs is 1. The van der Waals surface area contributed by atoms with Crippen molar-refractivity contribution in [3.8, 4) is 5.69 Å². The molecule has 0 saturated carbocycles. The lowest BCUT2D eigenvalue weighted by atomic mass is 9.95. The first-order valence-corrected chi connectivity index (χ1v) is 8.87. The first-order chi connectivity index (χ1) is 13.3. The van der Waals surface area contributed by atoms with E-state index in [2.05, 4.69) is 15.3 Å². The molecule has 8 nitrogen and oxygen atoms in total. The van der Waals surface area contributed by atoms with Gasteiger partial charge in [-0.3, -0.25) is 4.79 Å². The minimum absolute atomic E-state index is 0.167. The Morgan fingerprint density at radius 3 is 2.46 bits per heavy atom. The van der Waals surface area contributed by atoms with Gasteiger partial charge in [-0.1, -0.05) is 5.21 Å². The average Bonchev–Trinajstić information content (AvgIpc) is 3.10. The molecule has 1 amide bonds. The summed E-state index contributed by atoms with van der Waals surface area (Å²) < 4.78 is 15.4. The van der Waals surface area contributed by atoms with E-state index in [0.29, 0.717) is 48.3 Å². The molecule has 3 aromatic rings. The molecule has 1 saturated heterocycles. The SMILES string of the molecule is CC1(F)CCN(C(=O)c2cnc3c(c2)nnn3-c2ccc(C(=O)O)cc2)CC1. The number of carbonyl (C=O) groups excluding carboxylic acids is 1. The number of carboxylic acid groups (broad SMARTS) is 1. The van der Waals surface area contributed by atoms with Crippen LogP contribution < -0.4 is 0 Å². The Kier molecular flexibility index (Phi) is 4.29. The smallest absolute Gasteiger partial charge is 0.335 e. The zero-order valence-corrected chi connectivity index (χ0v) is 15.2. The standard InChI is InChI=1S/C19H18FN5O3/c1-19(20)6-8-24(9-7-19)17(26)13-10-15-16(21-11-13)25(23-22-15)14-4-2-12(3-5-14)18(27)28/h2-5,10-11H,6-9H2,1H3,(H,27,28). The molecule has 3 heterocycles. The number of carbonyl (C=O) groups is 2. The highest BCUT2D eigenvalue weighted by molar-refractivity contribution is 5.96. The Balaban J connectivity index is 1.59. The summed E-state index contributed by atoms with van der Waals surface area (Å²) in [7, 11) is 0. The monoisotopic (exact) mass is 383 g/mol.